The number of primary amides is 1. The molecule has 6 nitrogen and oxygen atoms in total. The van der Waals surface area contributed by atoms with Crippen molar-refractivity contribution in [3.05, 3.63) is 23.9 Å². The van der Waals surface area contributed by atoms with E-state index in [-0.39, 0.29) is 17.5 Å². The van der Waals surface area contributed by atoms with E-state index < -0.39 is 15.7 Å². The summed E-state index contributed by atoms with van der Waals surface area (Å²) < 4.78 is 22.5. The summed E-state index contributed by atoms with van der Waals surface area (Å²) in [5.74, 6) is 0.362. The van der Waals surface area contributed by atoms with Gasteiger partial charge in [0.1, 0.15) is 5.82 Å². The minimum atomic E-state index is -2.90. The Morgan fingerprint density at radius 3 is 2.71 bits per heavy atom. The number of hydrogen-bond donors (Lipinski definition) is 2. The van der Waals surface area contributed by atoms with Crippen molar-refractivity contribution < 1.29 is 13.2 Å². The monoisotopic (exact) mass is 255 g/mol. The number of pyridine rings is 1. The van der Waals surface area contributed by atoms with Crippen molar-refractivity contribution in [3.8, 4) is 0 Å². The summed E-state index contributed by atoms with van der Waals surface area (Å²) >= 11 is 0. The number of nitrogens with zero attached hydrogens (tertiary/aromatic N) is 1. The van der Waals surface area contributed by atoms with E-state index >= 15 is 0 Å². The van der Waals surface area contributed by atoms with Crippen LogP contribution in [-0.4, -0.2) is 36.9 Å². The zero-order chi connectivity index (χ0) is 12.5. The summed E-state index contributed by atoms with van der Waals surface area (Å²) in [6.07, 6.45) is 1.95. The highest BCUT2D eigenvalue weighted by Gasteiger charge is 2.27. The molecule has 1 aliphatic heterocycles. The topological polar surface area (TPSA) is 102 Å². The van der Waals surface area contributed by atoms with E-state index in [9.17, 15) is 13.2 Å². The molecule has 0 saturated carbocycles. The fourth-order valence-electron chi connectivity index (χ4n) is 1.74. The largest absolute Gasteiger partial charge is 0.366 e. The van der Waals surface area contributed by atoms with Gasteiger partial charge in [0.25, 0.3) is 0 Å². The minimum Gasteiger partial charge on any atom is -0.366 e. The molecule has 0 aromatic carbocycles. The highest BCUT2D eigenvalue weighted by atomic mass is 32.2. The molecule has 1 saturated heterocycles. The van der Waals surface area contributed by atoms with Crippen LogP contribution in [0.25, 0.3) is 0 Å². The third kappa shape index (κ3) is 2.94. The lowest BCUT2D eigenvalue weighted by Crippen LogP contribution is -2.21. The fraction of sp³-hybridized carbons (Fsp3) is 0.400. The van der Waals surface area contributed by atoms with Crippen LogP contribution >= 0.6 is 0 Å². The van der Waals surface area contributed by atoms with Crippen molar-refractivity contribution in [2.24, 2.45) is 5.73 Å². The second-order valence-corrected chi connectivity index (χ2v) is 6.27. The molecule has 1 atom stereocenters. The molecule has 1 unspecified atom stereocenters. The second-order valence-electron chi connectivity index (χ2n) is 4.04. The first-order valence-corrected chi connectivity index (χ1v) is 7.01. The first kappa shape index (κ1) is 11.8. The predicted molar refractivity (Wildman–Crippen MR) is 63.4 cm³/mol. The maximum atomic E-state index is 11.3. The SMILES string of the molecule is NC(=O)c1ccc(NC2CCS(=O)(=O)C2)nc1. The number of rotatable bonds is 3. The van der Waals surface area contributed by atoms with Crippen molar-refractivity contribution in [1.29, 1.82) is 0 Å². The van der Waals surface area contributed by atoms with E-state index in [0.717, 1.165) is 0 Å². The lowest BCUT2D eigenvalue weighted by molar-refractivity contribution is 0.1000. The number of anilines is 1. The van der Waals surface area contributed by atoms with Crippen LogP contribution in [0.4, 0.5) is 5.82 Å². The van der Waals surface area contributed by atoms with Gasteiger partial charge in [0.15, 0.2) is 9.84 Å². The summed E-state index contributed by atoms with van der Waals surface area (Å²) in [6, 6.07) is 3.07. The predicted octanol–water partition coefficient (Wildman–Crippen LogP) is -0.220. The van der Waals surface area contributed by atoms with Gasteiger partial charge in [-0.25, -0.2) is 13.4 Å². The summed E-state index contributed by atoms with van der Waals surface area (Å²) in [4.78, 5) is 14.8. The number of amides is 1. The molecule has 0 radical (unpaired) electrons. The smallest absolute Gasteiger partial charge is 0.250 e. The number of nitrogens with one attached hydrogen (secondary N) is 1. The number of nitrogens with two attached hydrogens (primary N) is 1. The van der Waals surface area contributed by atoms with E-state index in [2.05, 4.69) is 10.3 Å². The van der Waals surface area contributed by atoms with Gasteiger partial charge < -0.3 is 11.1 Å². The summed E-state index contributed by atoms with van der Waals surface area (Å²) in [5.41, 5.74) is 5.41. The molecule has 92 valence electrons. The Bertz CT molecular complexity index is 524. The van der Waals surface area contributed by atoms with E-state index in [0.29, 0.717) is 17.8 Å². The zero-order valence-electron chi connectivity index (χ0n) is 9.09. The molecule has 0 bridgehead atoms. The molecule has 7 heteroatoms. The van der Waals surface area contributed by atoms with Gasteiger partial charge >= 0.3 is 0 Å². The highest BCUT2D eigenvalue weighted by molar-refractivity contribution is 7.91. The maximum absolute atomic E-state index is 11.3. The maximum Gasteiger partial charge on any atom is 0.250 e. The lowest BCUT2D eigenvalue weighted by atomic mass is 10.2. The fourth-order valence-corrected chi connectivity index (χ4v) is 3.42. The Labute approximate surface area is 99.1 Å². The van der Waals surface area contributed by atoms with Crippen LogP contribution in [0.5, 0.6) is 0 Å². The van der Waals surface area contributed by atoms with E-state index in [1.165, 1.54) is 6.20 Å². The molecular weight excluding hydrogens is 242 g/mol. The average molecular weight is 255 g/mol. The van der Waals surface area contributed by atoms with Crippen LogP contribution in [0.3, 0.4) is 0 Å². The van der Waals surface area contributed by atoms with E-state index in [4.69, 9.17) is 5.73 Å². The molecule has 0 aliphatic carbocycles. The minimum absolute atomic E-state index is 0.105. The Hall–Kier alpha value is -1.63. The van der Waals surface area contributed by atoms with Gasteiger partial charge in [-0.05, 0) is 18.6 Å². The molecule has 0 spiro atoms. The third-order valence-electron chi connectivity index (χ3n) is 2.63. The Kier molecular flexibility index (Phi) is 3.01. The Morgan fingerprint density at radius 1 is 1.47 bits per heavy atom. The third-order valence-corrected chi connectivity index (χ3v) is 4.40. The van der Waals surface area contributed by atoms with Gasteiger partial charge in [0.2, 0.25) is 5.91 Å². The van der Waals surface area contributed by atoms with E-state index in [1.807, 2.05) is 0 Å². The molecule has 1 fully saturated rings. The lowest BCUT2D eigenvalue weighted by Gasteiger charge is -2.11. The molecule has 1 amide bonds. The van der Waals surface area contributed by atoms with Crippen molar-refractivity contribution in [2.45, 2.75) is 12.5 Å². The molecule has 1 aromatic heterocycles. The zero-order valence-corrected chi connectivity index (χ0v) is 9.90. The van der Waals surface area contributed by atoms with Gasteiger partial charge in [0.05, 0.1) is 17.1 Å². The van der Waals surface area contributed by atoms with Crippen LogP contribution < -0.4 is 11.1 Å². The van der Waals surface area contributed by atoms with Gasteiger partial charge in [-0.3, -0.25) is 4.79 Å². The van der Waals surface area contributed by atoms with Gasteiger partial charge in [-0.2, -0.15) is 0 Å². The summed E-state index contributed by atoms with van der Waals surface area (Å²) in [7, 11) is -2.90. The van der Waals surface area contributed by atoms with Crippen molar-refractivity contribution >= 4 is 21.6 Å². The van der Waals surface area contributed by atoms with Crippen LogP contribution in [-0.2, 0) is 9.84 Å². The van der Waals surface area contributed by atoms with Crippen LogP contribution in [0.2, 0.25) is 0 Å². The number of carbonyl (C=O) groups is 1. The molecule has 3 N–H and O–H groups in total. The van der Waals surface area contributed by atoms with Gasteiger partial charge in [-0.15, -0.1) is 0 Å². The van der Waals surface area contributed by atoms with E-state index in [1.54, 1.807) is 12.1 Å². The van der Waals surface area contributed by atoms with Crippen LogP contribution in [0, 0.1) is 0 Å². The average Bonchev–Trinajstić information content (AvgIpc) is 2.59. The number of aromatic nitrogens is 1. The number of carbonyl (C=O) groups excluding carboxylic acids is 1. The molecule has 17 heavy (non-hydrogen) atoms. The first-order valence-electron chi connectivity index (χ1n) is 5.19. The number of sulfone groups is 1. The quantitative estimate of drug-likeness (QED) is 0.777. The van der Waals surface area contributed by atoms with Crippen molar-refractivity contribution in [1.82, 2.24) is 4.98 Å². The molecule has 1 aliphatic rings. The second kappa shape index (κ2) is 4.33. The van der Waals surface area contributed by atoms with Gasteiger partial charge in [-0.1, -0.05) is 0 Å². The van der Waals surface area contributed by atoms with Crippen LogP contribution in [0.15, 0.2) is 18.3 Å². The number of hydrogen-bond acceptors (Lipinski definition) is 5. The van der Waals surface area contributed by atoms with Crippen LogP contribution in [0.1, 0.15) is 16.8 Å². The summed E-state index contributed by atoms with van der Waals surface area (Å²) in [5, 5.41) is 3.02. The Balaban J connectivity index is 2.03. The standard InChI is InChI=1S/C10H13N3O3S/c11-10(14)7-1-2-9(12-5-7)13-8-3-4-17(15,16)6-8/h1-2,5,8H,3-4,6H2,(H2,11,14)(H,12,13). The molecular formula is C10H13N3O3S. The molecule has 2 heterocycles. The molecule has 2 rings (SSSR count). The first-order chi connectivity index (χ1) is 7.96. The van der Waals surface area contributed by atoms with Crippen molar-refractivity contribution in [2.75, 3.05) is 16.8 Å². The molecule has 1 aromatic rings. The Morgan fingerprint density at radius 2 is 2.24 bits per heavy atom. The normalized spacial score (nSPS) is 22.2. The van der Waals surface area contributed by atoms with Crippen molar-refractivity contribution in [3.63, 3.8) is 0 Å². The van der Waals surface area contributed by atoms with Gasteiger partial charge in [0, 0.05) is 12.2 Å². The highest BCUT2D eigenvalue weighted by Crippen LogP contribution is 2.16. The summed E-state index contributed by atoms with van der Waals surface area (Å²) in [6.45, 7) is 0.